The van der Waals surface area contributed by atoms with Crippen LogP contribution in [0.25, 0.3) is 0 Å². The Labute approximate surface area is 212 Å². The number of guanidine groups is 1. The van der Waals surface area contributed by atoms with E-state index in [9.17, 15) is 9.59 Å². The molecular weight excluding hydrogens is 491 g/mol. The average molecular weight is 517 g/mol. The van der Waals surface area contributed by atoms with Gasteiger partial charge in [0.05, 0.1) is 35.8 Å². The zero-order valence-electron chi connectivity index (χ0n) is 19.2. The minimum absolute atomic E-state index is 0.0573. The Balaban J connectivity index is 1.65. The van der Waals surface area contributed by atoms with E-state index in [0.29, 0.717) is 59.0 Å². The van der Waals surface area contributed by atoms with E-state index in [0.717, 1.165) is 22.4 Å². The van der Waals surface area contributed by atoms with Gasteiger partial charge in [-0.1, -0.05) is 41.4 Å². The first kappa shape index (κ1) is 24.7. The molecular formula is C24H26Cl2N6O3. The molecule has 1 aromatic heterocycles. The van der Waals surface area contributed by atoms with Gasteiger partial charge in [0.25, 0.3) is 5.56 Å². The zero-order chi connectivity index (χ0) is 24.9. The van der Waals surface area contributed by atoms with Gasteiger partial charge < -0.3 is 20.7 Å². The molecule has 0 atom stereocenters. The molecule has 11 heteroatoms. The lowest BCUT2D eigenvalue weighted by molar-refractivity contribution is 0.414. The molecule has 0 unspecified atom stereocenters. The molecule has 0 spiro atoms. The second-order valence-corrected chi connectivity index (χ2v) is 8.92. The van der Waals surface area contributed by atoms with E-state index in [1.165, 1.54) is 0 Å². The third kappa shape index (κ3) is 5.80. The topological polar surface area (TPSA) is 118 Å². The molecule has 1 aliphatic rings. The summed E-state index contributed by atoms with van der Waals surface area (Å²) >= 11 is 12.1. The smallest absolute Gasteiger partial charge is 0.330 e. The number of ether oxygens (including phenoxy) is 1. The molecule has 0 fully saturated rings. The van der Waals surface area contributed by atoms with E-state index >= 15 is 0 Å². The minimum atomic E-state index is -0.524. The summed E-state index contributed by atoms with van der Waals surface area (Å²) < 4.78 is 6.39. The molecule has 0 saturated carbocycles. The third-order valence-electron chi connectivity index (χ3n) is 5.80. The molecule has 0 saturated heterocycles. The van der Waals surface area contributed by atoms with Gasteiger partial charge in [0.15, 0.2) is 5.96 Å². The van der Waals surface area contributed by atoms with Gasteiger partial charge in [-0.2, -0.15) is 0 Å². The average Bonchev–Trinajstić information content (AvgIpc) is 3.26. The van der Waals surface area contributed by atoms with E-state index in [1.807, 2.05) is 29.2 Å². The molecule has 3 aromatic rings. The highest BCUT2D eigenvalue weighted by Crippen LogP contribution is 2.23. The maximum atomic E-state index is 13.5. The Morgan fingerprint density at radius 3 is 2.51 bits per heavy atom. The monoisotopic (exact) mass is 516 g/mol. The number of benzene rings is 2. The predicted molar refractivity (Wildman–Crippen MR) is 139 cm³/mol. The lowest BCUT2D eigenvalue weighted by atomic mass is 10.1. The number of rotatable bonds is 9. The minimum Gasteiger partial charge on any atom is -0.497 e. The van der Waals surface area contributed by atoms with Gasteiger partial charge in [-0.3, -0.25) is 19.3 Å². The highest BCUT2D eigenvalue weighted by atomic mass is 35.5. The summed E-state index contributed by atoms with van der Waals surface area (Å²) in [6.45, 7) is 2.52. The number of anilines is 1. The number of aromatic nitrogens is 2. The fourth-order valence-electron chi connectivity index (χ4n) is 3.88. The van der Waals surface area contributed by atoms with Crippen LogP contribution in [0, 0.1) is 0 Å². The number of aromatic amines is 1. The molecule has 4 N–H and O–H groups in total. The molecule has 0 aliphatic carbocycles. The summed E-state index contributed by atoms with van der Waals surface area (Å²) in [5, 5.41) is 3.97. The Morgan fingerprint density at radius 2 is 1.86 bits per heavy atom. The number of hydrogen-bond acceptors (Lipinski definition) is 7. The van der Waals surface area contributed by atoms with Gasteiger partial charge in [0.1, 0.15) is 11.6 Å². The molecule has 0 bridgehead atoms. The summed E-state index contributed by atoms with van der Waals surface area (Å²) in [5.74, 6) is 1.60. The number of H-pyrrole nitrogens is 1. The van der Waals surface area contributed by atoms with E-state index in [-0.39, 0.29) is 12.1 Å². The van der Waals surface area contributed by atoms with Crippen molar-refractivity contribution in [2.75, 3.05) is 38.6 Å². The van der Waals surface area contributed by atoms with E-state index in [1.54, 1.807) is 25.3 Å². The van der Waals surface area contributed by atoms with Gasteiger partial charge in [-0.15, -0.1) is 0 Å². The number of hydrogen-bond donors (Lipinski definition) is 3. The van der Waals surface area contributed by atoms with Crippen LogP contribution in [0.5, 0.6) is 5.75 Å². The lowest BCUT2D eigenvalue weighted by Crippen LogP contribution is -2.40. The van der Waals surface area contributed by atoms with Crippen LogP contribution >= 0.6 is 23.2 Å². The number of aliphatic imine (C=N–C) groups is 1. The number of nitrogens with two attached hydrogens (primary N) is 1. The summed E-state index contributed by atoms with van der Waals surface area (Å²) in [7, 11) is 1.60. The maximum Gasteiger partial charge on any atom is 0.330 e. The first-order valence-corrected chi connectivity index (χ1v) is 11.8. The molecule has 2 aromatic carbocycles. The summed E-state index contributed by atoms with van der Waals surface area (Å²) in [6.07, 6.45) is 0.316. The molecule has 0 amide bonds. The van der Waals surface area contributed by atoms with Crippen LogP contribution in [0.2, 0.25) is 10.0 Å². The van der Waals surface area contributed by atoms with Crippen LogP contribution in [0.1, 0.15) is 16.7 Å². The molecule has 1 aliphatic heterocycles. The summed E-state index contributed by atoms with van der Waals surface area (Å²) in [4.78, 5) is 35.4. The number of nitrogens with one attached hydrogen (secondary N) is 2. The SMILES string of the molecule is COc1ccc(Cc2c(NCCN3CCN=C3N)[nH]c(=O)n(Cc3ccc(Cl)c(Cl)c3)c2=O)cc1. The van der Waals surface area contributed by atoms with Crippen molar-refractivity contribution in [3.8, 4) is 5.75 Å². The van der Waals surface area contributed by atoms with Gasteiger partial charge in [0.2, 0.25) is 0 Å². The van der Waals surface area contributed by atoms with Gasteiger partial charge in [-0.05, 0) is 35.4 Å². The summed E-state index contributed by atoms with van der Waals surface area (Å²) in [6, 6.07) is 12.5. The highest BCUT2D eigenvalue weighted by molar-refractivity contribution is 6.42. The maximum absolute atomic E-state index is 13.5. The molecule has 2 heterocycles. The Morgan fingerprint density at radius 1 is 1.11 bits per heavy atom. The van der Waals surface area contributed by atoms with Crippen molar-refractivity contribution in [3.63, 3.8) is 0 Å². The fourth-order valence-corrected chi connectivity index (χ4v) is 4.20. The largest absolute Gasteiger partial charge is 0.497 e. The predicted octanol–water partition coefficient (Wildman–Crippen LogP) is 2.53. The van der Waals surface area contributed by atoms with Crippen molar-refractivity contribution < 1.29 is 4.74 Å². The molecule has 9 nitrogen and oxygen atoms in total. The number of nitrogens with zero attached hydrogens (tertiary/aromatic N) is 3. The van der Waals surface area contributed by atoms with Crippen LogP contribution in [-0.4, -0.2) is 53.7 Å². The Bertz CT molecular complexity index is 1350. The van der Waals surface area contributed by atoms with Crippen LogP contribution < -0.4 is 27.0 Å². The van der Waals surface area contributed by atoms with Gasteiger partial charge in [0, 0.05) is 26.1 Å². The highest BCUT2D eigenvalue weighted by Gasteiger charge is 2.17. The van der Waals surface area contributed by atoms with E-state index in [2.05, 4.69) is 15.3 Å². The van der Waals surface area contributed by atoms with Crippen LogP contribution in [-0.2, 0) is 13.0 Å². The van der Waals surface area contributed by atoms with Crippen molar-refractivity contribution in [1.82, 2.24) is 14.5 Å². The van der Waals surface area contributed by atoms with Crippen LogP contribution in [0.3, 0.4) is 0 Å². The van der Waals surface area contributed by atoms with Crippen molar-refractivity contribution >= 4 is 35.0 Å². The van der Waals surface area contributed by atoms with Gasteiger partial charge >= 0.3 is 5.69 Å². The Hall–Kier alpha value is -3.43. The van der Waals surface area contributed by atoms with Gasteiger partial charge in [-0.25, -0.2) is 4.79 Å². The quantitative estimate of drug-likeness (QED) is 0.402. The van der Waals surface area contributed by atoms with E-state index in [4.69, 9.17) is 33.7 Å². The second-order valence-electron chi connectivity index (χ2n) is 8.10. The lowest BCUT2D eigenvalue weighted by Gasteiger charge is -2.19. The first-order chi connectivity index (χ1) is 16.9. The van der Waals surface area contributed by atoms with Crippen molar-refractivity contribution in [2.45, 2.75) is 13.0 Å². The van der Waals surface area contributed by atoms with Crippen LogP contribution in [0.15, 0.2) is 57.0 Å². The molecule has 184 valence electrons. The first-order valence-electron chi connectivity index (χ1n) is 11.1. The van der Waals surface area contributed by atoms with Crippen LogP contribution in [0.4, 0.5) is 5.82 Å². The normalized spacial score (nSPS) is 13.1. The standard InChI is InChI=1S/C24H26Cl2N6O3/c1-35-17-5-2-15(3-6-17)12-18-21(28-8-10-31-11-9-29-23(31)27)30-24(34)32(22(18)33)14-16-4-7-19(25)20(26)13-16/h2-7,13,28H,8-12,14H2,1H3,(H2,27,29)(H,30,34). The van der Waals surface area contributed by atoms with Crippen molar-refractivity contribution in [3.05, 3.63) is 90.0 Å². The molecule has 4 rings (SSSR count). The summed E-state index contributed by atoms with van der Waals surface area (Å²) in [5.41, 5.74) is 7.00. The zero-order valence-corrected chi connectivity index (χ0v) is 20.7. The second kappa shape index (κ2) is 10.9. The Kier molecular flexibility index (Phi) is 7.67. The van der Waals surface area contributed by atoms with Crippen molar-refractivity contribution in [1.29, 1.82) is 0 Å². The van der Waals surface area contributed by atoms with E-state index < -0.39 is 5.69 Å². The molecule has 35 heavy (non-hydrogen) atoms. The fraction of sp³-hybridized carbons (Fsp3) is 0.292. The van der Waals surface area contributed by atoms with Crippen molar-refractivity contribution in [2.24, 2.45) is 10.7 Å². The molecule has 0 radical (unpaired) electrons. The number of methoxy groups -OCH3 is 1. The number of halogens is 2. The third-order valence-corrected chi connectivity index (χ3v) is 6.54.